The van der Waals surface area contributed by atoms with Gasteiger partial charge in [-0.1, -0.05) is 18.2 Å². The molecule has 92 valence electrons. The topological polar surface area (TPSA) is 53.7 Å². The van der Waals surface area contributed by atoms with Crippen molar-refractivity contribution in [2.75, 3.05) is 21.3 Å². The van der Waals surface area contributed by atoms with Gasteiger partial charge in [-0.05, 0) is 6.07 Å². The van der Waals surface area contributed by atoms with Crippen LogP contribution in [0.25, 0.3) is 0 Å². The molecule has 0 aliphatic heterocycles. The van der Waals surface area contributed by atoms with E-state index in [0.717, 1.165) is 11.3 Å². The van der Waals surface area contributed by atoms with Crippen LogP contribution in [-0.2, 0) is 9.47 Å². The Kier molecular flexibility index (Phi) is 7.08. The molecule has 0 bridgehead atoms. The minimum atomic E-state index is -0.471. The van der Waals surface area contributed by atoms with Gasteiger partial charge in [0.05, 0.1) is 13.2 Å². The van der Waals surface area contributed by atoms with E-state index in [0.29, 0.717) is 0 Å². The number of ether oxygens (including phenoxy) is 3. The molecule has 0 radical (unpaired) electrons. The van der Waals surface area contributed by atoms with Crippen LogP contribution >= 0.6 is 12.4 Å². The number of nitrogens with two attached hydrogens (primary N) is 1. The summed E-state index contributed by atoms with van der Waals surface area (Å²) in [5, 5.41) is 0. The third-order valence-corrected chi connectivity index (χ3v) is 2.26. The first-order valence-electron chi connectivity index (χ1n) is 4.68. The fraction of sp³-hybridized carbons (Fsp3) is 0.455. The van der Waals surface area contributed by atoms with Crippen molar-refractivity contribution in [2.45, 2.75) is 12.3 Å². The highest BCUT2D eigenvalue weighted by atomic mass is 35.5. The van der Waals surface area contributed by atoms with Crippen molar-refractivity contribution in [1.82, 2.24) is 0 Å². The summed E-state index contributed by atoms with van der Waals surface area (Å²) in [6, 6.07) is 7.19. The summed E-state index contributed by atoms with van der Waals surface area (Å²) < 4.78 is 15.4. The Labute approximate surface area is 102 Å². The third kappa shape index (κ3) is 3.35. The van der Waals surface area contributed by atoms with E-state index in [1.165, 1.54) is 0 Å². The van der Waals surface area contributed by atoms with Crippen LogP contribution in [0, 0.1) is 0 Å². The van der Waals surface area contributed by atoms with Gasteiger partial charge in [-0.15, -0.1) is 12.4 Å². The molecule has 0 aliphatic rings. The first kappa shape index (κ1) is 15.2. The molecule has 1 atom stereocenters. The molecule has 0 fully saturated rings. The number of para-hydroxylation sites is 1. The molecule has 4 nitrogen and oxygen atoms in total. The molecule has 1 rings (SSSR count). The zero-order valence-corrected chi connectivity index (χ0v) is 10.5. The number of rotatable bonds is 5. The lowest BCUT2D eigenvalue weighted by Gasteiger charge is -2.22. The Morgan fingerprint density at radius 2 is 1.62 bits per heavy atom. The molecule has 0 saturated carbocycles. The normalized spacial score (nSPS) is 12.1. The number of benzene rings is 1. The van der Waals surface area contributed by atoms with E-state index in [4.69, 9.17) is 19.9 Å². The van der Waals surface area contributed by atoms with Gasteiger partial charge in [-0.2, -0.15) is 0 Å². The molecule has 1 aromatic carbocycles. The highest BCUT2D eigenvalue weighted by Gasteiger charge is 2.21. The molecule has 0 saturated heterocycles. The molecule has 2 N–H and O–H groups in total. The van der Waals surface area contributed by atoms with Crippen molar-refractivity contribution in [2.24, 2.45) is 5.73 Å². The standard InChI is InChI=1S/C11H17NO3.ClH/c1-13-9-7-5-4-6-8(9)10(12)11(14-2)15-3;/h4-7,10-11H,12H2,1-3H3;1H. The van der Waals surface area contributed by atoms with E-state index >= 15 is 0 Å². The van der Waals surface area contributed by atoms with Crippen LogP contribution in [-0.4, -0.2) is 27.6 Å². The molecular formula is C11H18ClNO3. The Hall–Kier alpha value is -0.810. The van der Waals surface area contributed by atoms with E-state index in [9.17, 15) is 0 Å². The average Bonchev–Trinajstić information content (AvgIpc) is 2.30. The van der Waals surface area contributed by atoms with Crippen LogP contribution < -0.4 is 10.5 Å². The van der Waals surface area contributed by atoms with Gasteiger partial charge < -0.3 is 19.9 Å². The van der Waals surface area contributed by atoms with Gasteiger partial charge in [0, 0.05) is 19.8 Å². The maximum Gasteiger partial charge on any atom is 0.176 e. The predicted molar refractivity (Wildman–Crippen MR) is 65.0 cm³/mol. The summed E-state index contributed by atoms with van der Waals surface area (Å²) in [7, 11) is 4.73. The van der Waals surface area contributed by atoms with Gasteiger partial charge in [0.1, 0.15) is 5.75 Å². The van der Waals surface area contributed by atoms with Gasteiger partial charge >= 0.3 is 0 Å². The third-order valence-electron chi connectivity index (χ3n) is 2.26. The molecule has 0 heterocycles. The van der Waals surface area contributed by atoms with Gasteiger partial charge in [-0.25, -0.2) is 0 Å². The molecular weight excluding hydrogens is 230 g/mol. The van der Waals surface area contributed by atoms with Crippen LogP contribution in [0.2, 0.25) is 0 Å². The molecule has 0 aliphatic carbocycles. The first-order chi connectivity index (χ1) is 7.24. The largest absolute Gasteiger partial charge is 0.496 e. The first-order valence-corrected chi connectivity index (χ1v) is 4.68. The molecule has 0 spiro atoms. The number of hydrogen-bond acceptors (Lipinski definition) is 4. The van der Waals surface area contributed by atoms with Gasteiger partial charge in [0.15, 0.2) is 6.29 Å². The van der Waals surface area contributed by atoms with E-state index in [1.807, 2.05) is 24.3 Å². The van der Waals surface area contributed by atoms with E-state index < -0.39 is 6.29 Å². The van der Waals surface area contributed by atoms with Gasteiger partial charge in [0.25, 0.3) is 0 Å². The monoisotopic (exact) mass is 247 g/mol. The lowest BCUT2D eigenvalue weighted by Crippen LogP contribution is -2.29. The van der Waals surface area contributed by atoms with Crippen LogP contribution in [0.3, 0.4) is 0 Å². The molecule has 5 heteroatoms. The predicted octanol–water partition coefficient (Wildman–Crippen LogP) is 1.74. The molecule has 16 heavy (non-hydrogen) atoms. The zero-order valence-electron chi connectivity index (χ0n) is 9.67. The molecule has 1 unspecified atom stereocenters. The van der Waals surface area contributed by atoms with Crippen molar-refractivity contribution >= 4 is 12.4 Å². The second-order valence-electron chi connectivity index (χ2n) is 3.11. The average molecular weight is 248 g/mol. The Morgan fingerprint density at radius 1 is 1.06 bits per heavy atom. The fourth-order valence-electron chi connectivity index (χ4n) is 1.48. The minimum Gasteiger partial charge on any atom is -0.496 e. The number of methoxy groups -OCH3 is 3. The van der Waals surface area contributed by atoms with Crippen LogP contribution in [0.4, 0.5) is 0 Å². The number of halogens is 1. The smallest absolute Gasteiger partial charge is 0.176 e. The Morgan fingerprint density at radius 3 is 2.12 bits per heavy atom. The van der Waals surface area contributed by atoms with Crippen LogP contribution in [0.5, 0.6) is 5.75 Å². The SMILES string of the molecule is COc1ccccc1C(N)C(OC)OC.Cl. The van der Waals surface area contributed by atoms with Crippen LogP contribution in [0.1, 0.15) is 11.6 Å². The van der Waals surface area contributed by atoms with E-state index in [1.54, 1.807) is 21.3 Å². The summed E-state index contributed by atoms with van der Waals surface area (Å²) in [5.41, 5.74) is 6.88. The fourth-order valence-corrected chi connectivity index (χ4v) is 1.48. The van der Waals surface area contributed by atoms with E-state index in [2.05, 4.69) is 0 Å². The lowest BCUT2D eigenvalue weighted by atomic mass is 10.1. The van der Waals surface area contributed by atoms with E-state index in [-0.39, 0.29) is 18.4 Å². The van der Waals surface area contributed by atoms with Gasteiger partial charge in [0.2, 0.25) is 0 Å². The zero-order chi connectivity index (χ0) is 11.3. The summed E-state index contributed by atoms with van der Waals surface area (Å²) in [5.74, 6) is 0.740. The molecule has 0 aromatic heterocycles. The Bertz CT molecular complexity index is 305. The van der Waals surface area contributed by atoms with Crippen molar-refractivity contribution in [3.8, 4) is 5.75 Å². The maximum atomic E-state index is 6.01. The Balaban J connectivity index is 0.00000225. The molecule has 1 aromatic rings. The second kappa shape index (κ2) is 7.46. The van der Waals surface area contributed by atoms with Crippen molar-refractivity contribution in [3.63, 3.8) is 0 Å². The minimum absolute atomic E-state index is 0. The quantitative estimate of drug-likeness (QED) is 0.806. The van der Waals surface area contributed by atoms with Crippen molar-refractivity contribution in [3.05, 3.63) is 29.8 Å². The van der Waals surface area contributed by atoms with Crippen molar-refractivity contribution in [1.29, 1.82) is 0 Å². The lowest BCUT2D eigenvalue weighted by molar-refractivity contribution is -0.117. The summed E-state index contributed by atoms with van der Waals surface area (Å²) in [6.07, 6.45) is -0.471. The summed E-state index contributed by atoms with van der Waals surface area (Å²) >= 11 is 0. The van der Waals surface area contributed by atoms with Crippen LogP contribution in [0.15, 0.2) is 24.3 Å². The number of hydrogen-bond donors (Lipinski definition) is 1. The van der Waals surface area contributed by atoms with Crippen molar-refractivity contribution < 1.29 is 14.2 Å². The highest BCUT2D eigenvalue weighted by Crippen LogP contribution is 2.26. The van der Waals surface area contributed by atoms with Gasteiger partial charge in [-0.3, -0.25) is 0 Å². The summed E-state index contributed by atoms with van der Waals surface area (Å²) in [6.45, 7) is 0. The second-order valence-corrected chi connectivity index (χ2v) is 3.11. The highest BCUT2D eigenvalue weighted by molar-refractivity contribution is 5.85. The maximum absolute atomic E-state index is 6.01. The summed E-state index contributed by atoms with van der Waals surface area (Å²) in [4.78, 5) is 0. The molecule has 0 amide bonds.